The largest absolute Gasteiger partial charge is 0.352 e. The Morgan fingerprint density at radius 2 is 1.94 bits per heavy atom. The Labute approximate surface area is 117 Å². The highest BCUT2D eigenvalue weighted by atomic mass is 79.9. The maximum absolute atomic E-state index is 12.2. The number of rotatable bonds is 3. The van der Waals surface area contributed by atoms with Crippen LogP contribution < -0.4 is 5.32 Å². The van der Waals surface area contributed by atoms with Crippen molar-refractivity contribution in [1.82, 2.24) is 5.32 Å². The SMILES string of the molecule is CC(C(=O)NC1CCCCC1Br)c1ccccc1. The highest BCUT2D eigenvalue weighted by Gasteiger charge is 2.26. The summed E-state index contributed by atoms with van der Waals surface area (Å²) in [5, 5.41) is 3.18. The van der Waals surface area contributed by atoms with Crippen LogP contribution >= 0.6 is 15.9 Å². The minimum atomic E-state index is -0.0761. The molecule has 1 N–H and O–H groups in total. The fourth-order valence-electron chi connectivity index (χ4n) is 2.45. The van der Waals surface area contributed by atoms with Gasteiger partial charge in [0.05, 0.1) is 5.92 Å². The van der Waals surface area contributed by atoms with Crippen molar-refractivity contribution >= 4 is 21.8 Å². The first kappa shape index (κ1) is 13.6. The molecule has 1 aromatic carbocycles. The van der Waals surface area contributed by atoms with E-state index in [2.05, 4.69) is 21.2 Å². The molecule has 1 amide bonds. The molecule has 0 spiro atoms. The number of carbonyl (C=O) groups is 1. The molecule has 0 saturated heterocycles. The summed E-state index contributed by atoms with van der Waals surface area (Å²) in [6.07, 6.45) is 4.72. The van der Waals surface area contributed by atoms with Crippen LogP contribution in [-0.4, -0.2) is 16.8 Å². The summed E-state index contributed by atoms with van der Waals surface area (Å²) in [6.45, 7) is 1.97. The van der Waals surface area contributed by atoms with Gasteiger partial charge < -0.3 is 5.32 Å². The Bertz CT molecular complexity index is 393. The molecule has 98 valence electrons. The molecule has 18 heavy (non-hydrogen) atoms. The van der Waals surface area contributed by atoms with E-state index in [4.69, 9.17) is 0 Å². The van der Waals surface area contributed by atoms with Gasteiger partial charge in [-0.1, -0.05) is 59.1 Å². The van der Waals surface area contributed by atoms with Crippen molar-refractivity contribution in [3.8, 4) is 0 Å². The van der Waals surface area contributed by atoms with Gasteiger partial charge in [-0.15, -0.1) is 0 Å². The molecule has 0 bridgehead atoms. The van der Waals surface area contributed by atoms with E-state index in [0.717, 1.165) is 18.4 Å². The summed E-state index contributed by atoms with van der Waals surface area (Å²) in [5.41, 5.74) is 1.08. The van der Waals surface area contributed by atoms with Gasteiger partial charge in [0.1, 0.15) is 0 Å². The van der Waals surface area contributed by atoms with Gasteiger partial charge in [0.2, 0.25) is 5.91 Å². The van der Waals surface area contributed by atoms with Gasteiger partial charge in [-0.2, -0.15) is 0 Å². The minimum Gasteiger partial charge on any atom is -0.352 e. The first-order valence-electron chi connectivity index (χ1n) is 6.68. The second-order valence-electron chi connectivity index (χ2n) is 5.05. The zero-order valence-electron chi connectivity index (χ0n) is 10.7. The standard InChI is InChI=1S/C15H20BrNO/c1-11(12-7-3-2-4-8-12)15(18)17-14-10-6-5-9-13(14)16/h2-4,7-8,11,13-14H,5-6,9-10H2,1H3,(H,17,18). The van der Waals surface area contributed by atoms with E-state index < -0.39 is 0 Å². The number of carbonyl (C=O) groups excluding carboxylic acids is 1. The average molecular weight is 310 g/mol. The van der Waals surface area contributed by atoms with Gasteiger partial charge in [0.15, 0.2) is 0 Å². The van der Waals surface area contributed by atoms with E-state index >= 15 is 0 Å². The van der Waals surface area contributed by atoms with Crippen LogP contribution in [-0.2, 0) is 4.79 Å². The highest BCUT2D eigenvalue weighted by molar-refractivity contribution is 9.09. The third-order valence-corrected chi connectivity index (χ3v) is 4.80. The number of halogens is 1. The van der Waals surface area contributed by atoms with E-state index in [9.17, 15) is 4.79 Å². The smallest absolute Gasteiger partial charge is 0.227 e. The van der Waals surface area contributed by atoms with Crippen molar-refractivity contribution in [3.63, 3.8) is 0 Å². The average Bonchev–Trinajstić information content (AvgIpc) is 2.41. The zero-order valence-corrected chi connectivity index (χ0v) is 12.3. The summed E-state index contributed by atoms with van der Waals surface area (Å²) >= 11 is 3.67. The Kier molecular flexibility index (Phi) is 4.81. The van der Waals surface area contributed by atoms with Crippen LogP contribution in [0.4, 0.5) is 0 Å². The fourth-order valence-corrected chi connectivity index (χ4v) is 3.17. The number of amides is 1. The molecule has 2 rings (SSSR count). The number of hydrogen-bond donors (Lipinski definition) is 1. The molecule has 1 saturated carbocycles. The predicted octanol–water partition coefficient (Wildman–Crippen LogP) is 3.61. The van der Waals surface area contributed by atoms with Gasteiger partial charge in [-0.3, -0.25) is 4.79 Å². The minimum absolute atomic E-state index is 0.0761. The lowest BCUT2D eigenvalue weighted by Gasteiger charge is -2.29. The Morgan fingerprint density at radius 1 is 1.28 bits per heavy atom. The van der Waals surface area contributed by atoms with Gasteiger partial charge in [0, 0.05) is 10.9 Å². The maximum atomic E-state index is 12.2. The highest BCUT2D eigenvalue weighted by Crippen LogP contribution is 2.25. The van der Waals surface area contributed by atoms with Crippen LogP contribution in [0.3, 0.4) is 0 Å². The second-order valence-corrected chi connectivity index (χ2v) is 6.22. The molecule has 2 nitrogen and oxygen atoms in total. The predicted molar refractivity (Wildman–Crippen MR) is 78.0 cm³/mol. The van der Waals surface area contributed by atoms with Crippen LogP contribution in [0.2, 0.25) is 0 Å². The third kappa shape index (κ3) is 3.35. The van der Waals surface area contributed by atoms with Crippen LogP contribution in [0, 0.1) is 0 Å². The lowest BCUT2D eigenvalue weighted by atomic mass is 9.94. The van der Waals surface area contributed by atoms with E-state index in [0.29, 0.717) is 4.83 Å². The van der Waals surface area contributed by atoms with Crippen LogP contribution in [0.15, 0.2) is 30.3 Å². The van der Waals surface area contributed by atoms with Crippen LogP contribution in [0.1, 0.15) is 44.1 Å². The molecule has 0 radical (unpaired) electrons. The summed E-state index contributed by atoms with van der Waals surface area (Å²) in [6, 6.07) is 10.2. The molecule has 1 aliphatic rings. The summed E-state index contributed by atoms with van der Waals surface area (Å²) in [4.78, 5) is 12.7. The second kappa shape index (κ2) is 6.37. The first-order chi connectivity index (χ1) is 8.68. The molecule has 1 aromatic rings. The normalized spacial score (nSPS) is 25.4. The van der Waals surface area contributed by atoms with Crippen molar-refractivity contribution in [2.24, 2.45) is 0 Å². The molecule has 1 aliphatic carbocycles. The summed E-state index contributed by atoms with van der Waals surface area (Å²) < 4.78 is 0. The molecule has 3 heteroatoms. The summed E-state index contributed by atoms with van der Waals surface area (Å²) in [5.74, 6) is 0.0605. The van der Waals surface area contributed by atoms with Crippen molar-refractivity contribution in [3.05, 3.63) is 35.9 Å². The number of alkyl halides is 1. The quantitative estimate of drug-likeness (QED) is 0.849. The number of hydrogen-bond acceptors (Lipinski definition) is 1. The molecule has 0 aliphatic heterocycles. The Hall–Kier alpha value is -0.830. The molecular weight excluding hydrogens is 290 g/mol. The van der Waals surface area contributed by atoms with Crippen molar-refractivity contribution in [2.45, 2.75) is 49.4 Å². The molecule has 1 fully saturated rings. The molecule has 3 unspecified atom stereocenters. The first-order valence-corrected chi connectivity index (χ1v) is 7.59. The lowest BCUT2D eigenvalue weighted by molar-refractivity contribution is -0.123. The van der Waals surface area contributed by atoms with Crippen molar-refractivity contribution in [1.29, 1.82) is 0 Å². The molecule has 3 atom stereocenters. The van der Waals surface area contributed by atoms with E-state index in [1.807, 2.05) is 37.3 Å². The van der Waals surface area contributed by atoms with E-state index in [1.54, 1.807) is 0 Å². The maximum Gasteiger partial charge on any atom is 0.227 e. The van der Waals surface area contributed by atoms with Crippen molar-refractivity contribution < 1.29 is 4.79 Å². The fraction of sp³-hybridized carbons (Fsp3) is 0.533. The number of benzene rings is 1. The Morgan fingerprint density at radius 3 is 2.61 bits per heavy atom. The molecular formula is C15H20BrNO. The van der Waals surface area contributed by atoms with E-state index in [1.165, 1.54) is 12.8 Å². The Balaban J connectivity index is 1.95. The van der Waals surface area contributed by atoms with Gasteiger partial charge in [0.25, 0.3) is 0 Å². The van der Waals surface area contributed by atoms with Crippen LogP contribution in [0.5, 0.6) is 0 Å². The van der Waals surface area contributed by atoms with Gasteiger partial charge in [-0.05, 0) is 25.3 Å². The monoisotopic (exact) mass is 309 g/mol. The zero-order chi connectivity index (χ0) is 13.0. The summed E-state index contributed by atoms with van der Waals surface area (Å²) in [7, 11) is 0. The van der Waals surface area contributed by atoms with E-state index in [-0.39, 0.29) is 17.9 Å². The topological polar surface area (TPSA) is 29.1 Å². The molecule has 0 aromatic heterocycles. The lowest BCUT2D eigenvalue weighted by Crippen LogP contribution is -2.44. The van der Waals surface area contributed by atoms with Gasteiger partial charge in [-0.25, -0.2) is 0 Å². The third-order valence-electron chi connectivity index (χ3n) is 3.70. The van der Waals surface area contributed by atoms with Crippen LogP contribution in [0.25, 0.3) is 0 Å². The molecule has 0 heterocycles. The number of nitrogens with one attached hydrogen (secondary N) is 1. The van der Waals surface area contributed by atoms with Crippen molar-refractivity contribution in [2.75, 3.05) is 0 Å². The van der Waals surface area contributed by atoms with Gasteiger partial charge >= 0.3 is 0 Å².